The molecule has 0 amide bonds. The summed E-state index contributed by atoms with van der Waals surface area (Å²) in [5, 5.41) is 14.7. The second-order valence-corrected chi connectivity index (χ2v) is 6.25. The van der Waals surface area contributed by atoms with E-state index in [9.17, 15) is 23.3 Å². The maximum Gasteiger partial charge on any atom is 0.416 e. The Labute approximate surface area is 167 Å². The van der Waals surface area contributed by atoms with Gasteiger partial charge in [0, 0.05) is 10.7 Å². The van der Waals surface area contributed by atoms with Gasteiger partial charge in [0.1, 0.15) is 12.1 Å². The van der Waals surface area contributed by atoms with E-state index in [1.807, 2.05) is 0 Å². The second kappa shape index (κ2) is 7.92. The molecule has 11 heteroatoms. The molecule has 7 nitrogen and oxygen atoms in total. The van der Waals surface area contributed by atoms with Crippen LogP contribution in [0.3, 0.4) is 0 Å². The van der Waals surface area contributed by atoms with Crippen LogP contribution in [0.15, 0.2) is 48.8 Å². The lowest BCUT2D eigenvalue weighted by Gasteiger charge is -2.11. The van der Waals surface area contributed by atoms with Crippen LogP contribution >= 0.6 is 11.6 Å². The molecule has 0 bridgehead atoms. The SMILES string of the molecule is Cc1cc(Oc2ncnc(Nc3ccc(C(F)(F)F)cc3)c2[N+](=O)[O-])ccc1Cl. The van der Waals surface area contributed by atoms with Gasteiger partial charge in [-0.15, -0.1) is 0 Å². The molecule has 0 spiro atoms. The van der Waals surface area contributed by atoms with E-state index < -0.39 is 22.4 Å². The number of rotatable bonds is 5. The van der Waals surface area contributed by atoms with Crippen molar-refractivity contribution >= 4 is 28.8 Å². The summed E-state index contributed by atoms with van der Waals surface area (Å²) in [5.74, 6) is -0.291. The second-order valence-electron chi connectivity index (χ2n) is 5.85. The van der Waals surface area contributed by atoms with Gasteiger partial charge >= 0.3 is 17.7 Å². The zero-order valence-electron chi connectivity index (χ0n) is 14.7. The molecule has 0 saturated heterocycles. The minimum atomic E-state index is -4.49. The van der Waals surface area contributed by atoms with E-state index in [0.717, 1.165) is 30.6 Å². The molecule has 3 aromatic rings. The van der Waals surface area contributed by atoms with Gasteiger partial charge in [0.25, 0.3) is 0 Å². The summed E-state index contributed by atoms with van der Waals surface area (Å²) in [7, 11) is 0. The first-order valence-electron chi connectivity index (χ1n) is 8.03. The zero-order valence-corrected chi connectivity index (χ0v) is 15.5. The maximum absolute atomic E-state index is 12.7. The van der Waals surface area contributed by atoms with Crippen molar-refractivity contribution in [2.24, 2.45) is 0 Å². The zero-order chi connectivity index (χ0) is 21.2. The van der Waals surface area contributed by atoms with Crippen LogP contribution in [0.2, 0.25) is 5.02 Å². The van der Waals surface area contributed by atoms with Crippen molar-refractivity contribution in [2.45, 2.75) is 13.1 Å². The first-order chi connectivity index (χ1) is 13.6. The number of hydrogen-bond donors (Lipinski definition) is 1. The van der Waals surface area contributed by atoms with Crippen molar-refractivity contribution in [2.75, 3.05) is 5.32 Å². The number of hydrogen-bond acceptors (Lipinski definition) is 6. The lowest BCUT2D eigenvalue weighted by atomic mass is 10.2. The average Bonchev–Trinajstić information content (AvgIpc) is 2.64. The monoisotopic (exact) mass is 424 g/mol. The van der Waals surface area contributed by atoms with E-state index in [1.54, 1.807) is 19.1 Å². The predicted octanol–water partition coefficient (Wildman–Crippen LogP) is 5.90. The number of anilines is 2. The van der Waals surface area contributed by atoms with Gasteiger partial charge < -0.3 is 10.1 Å². The van der Waals surface area contributed by atoms with Crippen molar-refractivity contribution in [3.63, 3.8) is 0 Å². The molecule has 0 aliphatic heterocycles. The number of ether oxygens (including phenoxy) is 1. The molecular formula is C18H12ClF3N4O3. The molecule has 0 radical (unpaired) electrons. The molecule has 0 atom stereocenters. The van der Waals surface area contributed by atoms with Crippen LogP contribution in [0.4, 0.5) is 30.4 Å². The quantitative estimate of drug-likeness (QED) is 0.405. The molecule has 29 heavy (non-hydrogen) atoms. The highest BCUT2D eigenvalue weighted by Gasteiger charge is 2.30. The fourth-order valence-corrected chi connectivity index (χ4v) is 2.48. The highest BCUT2D eigenvalue weighted by Crippen LogP contribution is 2.36. The normalized spacial score (nSPS) is 11.2. The molecule has 0 saturated carbocycles. The third-order valence-electron chi connectivity index (χ3n) is 3.79. The van der Waals surface area contributed by atoms with E-state index in [-0.39, 0.29) is 23.1 Å². The molecule has 2 aromatic carbocycles. The van der Waals surface area contributed by atoms with Crippen LogP contribution in [0.1, 0.15) is 11.1 Å². The van der Waals surface area contributed by atoms with E-state index in [1.165, 1.54) is 6.07 Å². The minimum absolute atomic E-state index is 0.174. The molecule has 0 fully saturated rings. The Balaban J connectivity index is 1.92. The number of nitro groups is 1. The topological polar surface area (TPSA) is 90.2 Å². The van der Waals surface area contributed by atoms with Crippen molar-refractivity contribution in [3.05, 3.63) is 75.1 Å². The standard InChI is InChI=1S/C18H12ClF3N4O3/c1-10-8-13(6-7-14(10)19)29-17-15(26(27)28)16(23-9-24-17)25-12-4-2-11(3-5-12)18(20,21)22/h2-9H,1H3,(H,23,24,25). The van der Waals surface area contributed by atoms with Gasteiger partial charge in [-0.2, -0.15) is 18.2 Å². The Morgan fingerprint density at radius 2 is 1.83 bits per heavy atom. The van der Waals surface area contributed by atoms with E-state index in [2.05, 4.69) is 15.3 Å². The van der Waals surface area contributed by atoms with Gasteiger partial charge in [0.2, 0.25) is 5.82 Å². The molecule has 0 aliphatic carbocycles. The highest BCUT2D eigenvalue weighted by molar-refractivity contribution is 6.31. The van der Waals surface area contributed by atoms with Crippen LogP contribution in [0.5, 0.6) is 11.6 Å². The van der Waals surface area contributed by atoms with Gasteiger partial charge in [-0.1, -0.05) is 11.6 Å². The fraction of sp³-hybridized carbons (Fsp3) is 0.111. The first kappa shape index (κ1) is 20.3. The van der Waals surface area contributed by atoms with Gasteiger partial charge in [-0.25, -0.2) is 4.98 Å². The number of nitrogens with one attached hydrogen (secondary N) is 1. The van der Waals surface area contributed by atoms with Crippen LogP contribution in [-0.2, 0) is 6.18 Å². The Kier molecular flexibility index (Phi) is 5.55. The smallest absolute Gasteiger partial charge is 0.416 e. The van der Waals surface area contributed by atoms with Crippen LogP contribution < -0.4 is 10.1 Å². The predicted molar refractivity (Wildman–Crippen MR) is 99.7 cm³/mol. The number of benzene rings is 2. The lowest BCUT2D eigenvalue weighted by Crippen LogP contribution is -2.06. The maximum atomic E-state index is 12.7. The van der Waals surface area contributed by atoms with Gasteiger partial charge in [0.15, 0.2) is 0 Å². The van der Waals surface area contributed by atoms with Crippen LogP contribution in [0, 0.1) is 17.0 Å². The van der Waals surface area contributed by atoms with Crippen molar-refractivity contribution in [1.82, 2.24) is 9.97 Å². The Bertz CT molecular complexity index is 1060. The fourth-order valence-electron chi connectivity index (χ4n) is 2.36. The summed E-state index contributed by atoms with van der Waals surface area (Å²) in [4.78, 5) is 18.4. The summed E-state index contributed by atoms with van der Waals surface area (Å²) < 4.78 is 43.5. The van der Waals surface area contributed by atoms with Gasteiger partial charge in [-0.3, -0.25) is 10.1 Å². The number of alkyl halides is 3. The van der Waals surface area contributed by atoms with E-state index in [4.69, 9.17) is 16.3 Å². The first-order valence-corrected chi connectivity index (χ1v) is 8.40. The van der Waals surface area contributed by atoms with Crippen LogP contribution in [-0.4, -0.2) is 14.9 Å². The van der Waals surface area contributed by atoms with E-state index >= 15 is 0 Å². The summed E-state index contributed by atoms with van der Waals surface area (Å²) in [6.45, 7) is 1.74. The molecule has 3 rings (SSSR count). The molecular weight excluding hydrogens is 413 g/mol. The van der Waals surface area contributed by atoms with Crippen molar-refractivity contribution in [3.8, 4) is 11.6 Å². The molecule has 0 aliphatic rings. The third-order valence-corrected chi connectivity index (χ3v) is 4.21. The lowest BCUT2D eigenvalue weighted by molar-refractivity contribution is -0.385. The Hall–Kier alpha value is -3.40. The molecule has 150 valence electrons. The summed E-state index contributed by atoms with van der Waals surface area (Å²) in [6, 6.07) is 8.64. The molecule has 1 heterocycles. The summed E-state index contributed by atoms with van der Waals surface area (Å²) >= 11 is 5.95. The molecule has 1 aromatic heterocycles. The third kappa shape index (κ3) is 4.72. The largest absolute Gasteiger partial charge is 0.434 e. The number of aromatic nitrogens is 2. The summed E-state index contributed by atoms with van der Waals surface area (Å²) in [5.41, 5.74) is -0.542. The number of nitrogens with zero attached hydrogens (tertiary/aromatic N) is 3. The van der Waals surface area contributed by atoms with Crippen molar-refractivity contribution < 1.29 is 22.8 Å². The van der Waals surface area contributed by atoms with Crippen molar-refractivity contribution in [1.29, 1.82) is 0 Å². The highest BCUT2D eigenvalue weighted by atomic mass is 35.5. The van der Waals surface area contributed by atoms with Crippen LogP contribution in [0.25, 0.3) is 0 Å². The number of halogens is 4. The molecule has 0 unspecified atom stereocenters. The van der Waals surface area contributed by atoms with Gasteiger partial charge in [0.05, 0.1) is 10.5 Å². The molecule has 1 N–H and O–H groups in total. The van der Waals surface area contributed by atoms with Gasteiger partial charge in [-0.05, 0) is 55.0 Å². The Morgan fingerprint density at radius 1 is 1.14 bits per heavy atom. The Morgan fingerprint density at radius 3 is 2.41 bits per heavy atom. The minimum Gasteiger partial charge on any atom is -0.434 e. The number of aryl methyl sites for hydroxylation is 1. The average molecular weight is 425 g/mol. The summed E-state index contributed by atoms with van der Waals surface area (Å²) in [6.07, 6.45) is -3.45. The van der Waals surface area contributed by atoms with E-state index in [0.29, 0.717) is 10.6 Å².